The van der Waals surface area contributed by atoms with Gasteiger partial charge in [-0.3, -0.25) is 4.79 Å². The van der Waals surface area contributed by atoms with Gasteiger partial charge in [-0.1, -0.05) is 6.07 Å². The van der Waals surface area contributed by atoms with E-state index in [4.69, 9.17) is 11.5 Å². The number of halogens is 2. The molecule has 0 saturated carbocycles. The van der Waals surface area contributed by atoms with Crippen molar-refractivity contribution in [1.29, 1.82) is 0 Å². The van der Waals surface area contributed by atoms with Crippen LogP contribution in [0.4, 0.5) is 25.8 Å². The smallest absolute Gasteiger partial charge is 0.257 e. The molecule has 0 radical (unpaired) electrons. The second kappa shape index (κ2) is 4.93. The van der Waals surface area contributed by atoms with E-state index in [0.717, 1.165) is 12.1 Å². The lowest BCUT2D eigenvalue weighted by Gasteiger charge is -2.09. The highest BCUT2D eigenvalue weighted by atomic mass is 19.1. The Morgan fingerprint density at radius 2 is 1.68 bits per heavy atom. The average molecular weight is 263 g/mol. The van der Waals surface area contributed by atoms with Crippen LogP contribution in [0.2, 0.25) is 0 Å². The number of nitrogens with one attached hydrogen (secondary N) is 1. The van der Waals surface area contributed by atoms with E-state index in [9.17, 15) is 13.6 Å². The van der Waals surface area contributed by atoms with Crippen molar-refractivity contribution in [3.05, 3.63) is 53.6 Å². The number of carbonyl (C=O) groups is 1. The zero-order valence-electron chi connectivity index (χ0n) is 9.78. The largest absolute Gasteiger partial charge is 0.399 e. The van der Waals surface area contributed by atoms with Gasteiger partial charge in [0.1, 0.15) is 17.3 Å². The monoisotopic (exact) mass is 263 g/mol. The van der Waals surface area contributed by atoms with Crippen molar-refractivity contribution < 1.29 is 13.6 Å². The number of benzene rings is 2. The van der Waals surface area contributed by atoms with Crippen LogP contribution in [-0.4, -0.2) is 5.91 Å². The van der Waals surface area contributed by atoms with Crippen molar-refractivity contribution in [1.82, 2.24) is 0 Å². The van der Waals surface area contributed by atoms with E-state index < -0.39 is 23.2 Å². The van der Waals surface area contributed by atoms with Crippen molar-refractivity contribution >= 4 is 23.0 Å². The van der Waals surface area contributed by atoms with Gasteiger partial charge in [0.15, 0.2) is 0 Å². The highest BCUT2D eigenvalue weighted by Crippen LogP contribution is 2.21. The third-order valence-corrected chi connectivity index (χ3v) is 2.52. The molecule has 0 bridgehead atoms. The zero-order valence-corrected chi connectivity index (χ0v) is 9.78. The quantitative estimate of drug-likeness (QED) is 0.727. The Morgan fingerprint density at radius 3 is 2.26 bits per heavy atom. The van der Waals surface area contributed by atoms with Crippen LogP contribution in [0, 0.1) is 11.6 Å². The predicted molar refractivity (Wildman–Crippen MR) is 69.6 cm³/mol. The first-order valence-corrected chi connectivity index (χ1v) is 5.39. The number of hydrogen-bond acceptors (Lipinski definition) is 3. The molecule has 5 N–H and O–H groups in total. The number of carbonyl (C=O) groups excluding carboxylic acids is 1. The van der Waals surface area contributed by atoms with Gasteiger partial charge in [-0.25, -0.2) is 8.78 Å². The molecular weight excluding hydrogens is 252 g/mol. The molecule has 98 valence electrons. The Bertz CT molecular complexity index is 624. The van der Waals surface area contributed by atoms with Gasteiger partial charge in [0.2, 0.25) is 0 Å². The number of amides is 1. The van der Waals surface area contributed by atoms with Crippen LogP contribution in [0.5, 0.6) is 0 Å². The molecule has 0 aliphatic carbocycles. The summed E-state index contributed by atoms with van der Waals surface area (Å²) >= 11 is 0. The third-order valence-electron chi connectivity index (χ3n) is 2.52. The molecule has 6 heteroatoms. The van der Waals surface area contributed by atoms with Crippen molar-refractivity contribution in [2.75, 3.05) is 16.8 Å². The van der Waals surface area contributed by atoms with E-state index in [0.29, 0.717) is 5.69 Å². The molecule has 2 aromatic rings. The van der Waals surface area contributed by atoms with Crippen molar-refractivity contribution in [2.24, 2.45) is 0 Å². The molecule has 0 heterocycles. The fourth-order valence-corrected chi connectivity index (χ4v) is 1.59. The number of anilines is 3. The second-order valence-electron chi connectivity index (χ2n) is 3.90. The van der Waals surface area contributed by atoms with Crippen molar-refractivity contribution in [3.8, 4) is 0 Å². The van der Waals surface area contributed by atoms with Gasteiger partial charge in [0.25, 0.3) is 5.91 Å². The first-order valence-electron chi connectivity index (χ1n) is 5.39. The van der Waals surface area contributed by atoms with Crippen LogP contribution >= 0.6 is 0 Å². The Hall–Kier alpha value is -2.63. The molecule has 0 aromatic heterocycles. The summed E-state index contributed by atoms with van der Waals surface area (Å²) in [6.45, 7) is 0. The molecule has 2 rings (SSSR count). The molecule has 1 amide bonds. The van der Waals surface area contributed by atoms with Crippen LogP contribution in [0.3, 0.4) is 0 Å². The number of nitrogens with two attached hydrogens (primary N) is 2. The molecule has 0 spiro atoms. The molecule has 0 saturated heterocycles. The summed E-state index contributed by atoms with van der Waals surface area (Å²) in [5.41, 5.74) is 11.2. The molecule has 2 aromatic carbocycles. The first-order chi connectivity index (χ1) is 8.99. The molecule has 4 nitrogen and oxygen atoms in total. The van der Waals surface area contributed by atoms with Crippen molar-refractivity contribution in [2.45, 2.75) is 0 Å². The first kappa shape index (κ1) is 12.8. The minimum Gasteiger partial charge on any atom is -0.399 e. The summed E-state index contributed by atoms with van der Waals surface area (Å²) in [7, 11) is 0. The molecule has 0 aliphatic heterocycles. The van der Waals surface area contributed by atoms with Gasteiger partial charge in [-0.2, -0.15) is 0 Å². The topological polar surface area (TPSA) is 81.1 Å². The number of nitrogen functional groups attached to an aromatic ring is 2. The second-order valence-corrected chi connectivity index (χ2v) is 3.90. The molecule has 0 aliphatic rings. The zero-order chi connectivity index (χ0) is 14.0. The van der Waals surface area contributed by atoms with E-state index in [1.165, 1.54) is 24.3 Å². The summed E-state index contributed by atoms with van der Waals surface area (Å²) < 4.78 is 26.8. The van der Waals surface area contributed by atoms with Gasteiger partial charge in [0, 0.05) is 11.4 Å². The fraction of sp³-hybridized carbons (Fsp3) is 0. The number of rotatable bonds is 2. The van der Waals surface area contributed by atoms with Crippen LogP contribution in [0.25, 0.3) is 0 Å². The van der Waals surface area contributed by atoms with Gasteiger partial charge in [-0.05, 0) is 30.3 Å². The van der Waals surface area contributed by atoms with E-state index in [1.807, 2.05) is 0 Å². The lowest BCUT2D eigenvalue weighted by Crippen LogP contribution is -2.16. The lowest BCUT2D eigenvalue weighted by molar-refractivity contribution is 0.102. The van der Waals surface area contributed by atoms with E-state index in [1.54, 1.807) is 0 Å². The highest BCUT2D eigenvalue weighted by Gasteiger charge is 2.15. The third kappa shape index (κ3) is 2.62. The number of para-hydroxylation sites is 1. The van der Waals surface area contributed by atoms with E-state index in [2.05, 4.69) is 5.32 Å². The molecular formula is C13H11F2N3O. The minimum atomic E-state index is -0.859. The fourth-order valence-electron chi connectivity index (χ4n) is 1.59. The number of hydrogen-bond donors (Lipinski definition) is 3. The van der Waals surface area contributed by atoms with Crippen LogP contribution in [0.15, 0.2) is 36.4 Å². The average Bonchev–Trinajstić information content (AvgIpc) is 2.33. The SMILES string of the molecule is Nc1ccc(C(=O)Nc2c(F)cccc2F)c(N)c1. The van der Waals surface area contributed by atoms with Crippen LogP contribution in [0.1, 0.15) is 10.4 Å². The Labute approximate surface area is 108 Å². The molecule has 0 fully saturated rings. The highest BCUT2D eigenvalue weighted by molar-refractivity contribution is 6.08. The summed E-state index contributed by atoms with van der Waals surface area (Å²) in [4.78, 5) is 11.9. The normalized spacial score (nSPS) is 10.2. The maximum Gasteiger partial charge on any atom is 0.257 e. The van der Waals surface area contributed by atoms with Gasteiger partial charge >= 0.3 is 0 Å². The molecule has 0 atom stereocenters. The summed E-state index contributed by atoms with van der Waals surface area (Å²) in [6.07, 6.45) is 0. The van der Waals surface area contributed by atoms with Gasteiger partial charge < -0.3 is 16.8 Å². The maximum absolute atomic E-state index is 13.4. The summed E-state index contributed by atoms with van der Waals surface area (Å²) in [6, 6.07) is 7.56. The van der Waals surface area contributed by atoms with Crippen LogP contribution < -0.4 is 16.8 Å². The summed E-state index contributed by atoms with van der Waals surface area (Å²) in [5, 5.41) is 2.15. The molecule has 19 heavy (non-hydrogen) atoms. The van der Waals surface area contributed by atoms with E-state index in [-0.39, 0.29) is 11.3 Å². The predicted octanol–water partition coefficient (Wildman–Crippen LogP) is 2.38. The van der Waals surface area contributed by atoms with Crippen molar-refractivity contribution in [3.63, 3.8) is 0 Å². The maximum atomic E-state index is 13.4. The van der Waals surface area contributed by atoms with E-state index >= 15 is 0 Å². The standard InChI is InChI=1S/C13H11F2N3O/c14-9-2-1-3-10(15)12(9)18-13(19)8-5-4-7(16)6-11(8)17/h1-6H,16-17H2,(H,18,19). The summed E-state index contributed by atoms with van der Waals surface area (Å²) in [5.74, 6) is -2.42. The van der Waals surface area contributed by atoms with Gasteiger partial charge in [-0.15, -0.1) is 0 Å². The van der Waals surface area contributed by atoms with Gasteiger partial charge in [0.05, 0.1) is 5.56 Å². The van der Waals surface area contributed by atoms with Crippen LogP contribution in [-0.2, 0) is 0 Å². The Balaban J connectivity index is 2.31. The minimum absolute atomic E-state index is 0.0943. The molecule has 0 unspecified atom stereocenters. The lowest BCUT2D eigenvalue weighted by atomic mass is 10.1. The Morgan fingerprint density at radius 1 is 1.05 bits per heavy atom. The Kier molecular flexibility index (Phi) is 3.33.